The van der Waals surface area contributed by atoms with E-state index in [1.54, 1.807) is 17.4 Å². The van der Waals surface area contributed by atoms with E-state index in [-0.39, 0.29) is 11.7 Å². The fourth-order valence-electron chi connectivity index (χ4n) is 1.71. The third kappa shape index (κ3) is 2.23. The minimum atomic E-state index is -0.336. The molecule has 1 fully saturated rings. The lowest BCUT2D eigenvalue weighted by atomic mass is 10.1. The van der Waals surface area contributed by atoms with Crippen molar-refractivity contribution in [1.82, 2.24) is 14.9 Å². The van der Waals surface area contributed by atoms with Crippen LogP contribution in [0.15, 0.2) is 12.5 Å². The summed E-state index contributed by atoms with van der Waals surface area (Å²) in [6.45, 7) is 1.27. The van der Waals surface area contributed by atoms with Crippen molar-refractivity contribution in [2.45, 2.75) is 19.3 Å². The van der Waals surface area contributed by atoms with Crippen LogP contribution in [0.4, 0.5) is 0 Å². The highest BCUT2D eigenvalue weighted by atomic mass is 16.2. The molecule has 1 aromatic heterocycles. The van der Waals surface area contributed by atoms with Crippen molar-refractivity contribution in [3.05, 3.63) is 18.2 Å². The highest BCUT2D eigenvalue weighted by Crippen LogP contribution is 2.08. The number of rotatable bonds is 3. The summed E-state index contributed by atoms with van der Waals surface area (Å²) in [5, 5.41) is 0. The van der Waals surface area contributed by atoms with Gasteiger partial charge in [-0.15, -0.1) is 0 Å². The molecule has 2 rings (SSSR count). The van der Waals surface area contributed by atoms with Crippen LogP contribution in [0.5, 0.6) is 0 Å². The second-order valence-corrected chi connectivity index (χ2v) is 3.63. The first kappa shape index (κ1) is 9.89. The summed E-state index contributed by atoms with van der Waals surface area (Å²) in [6.07, 6.45) is 5.29. The Kier molecular flexibility index (Phi) is 2.80. The lowest BCUT2D eigenvalue weighted by Crippen LogP contribution is -2.42. The van der Waals surface area contributed by atoms with Gasteiger partial charge in [0.25, 0.3) is 5.91 Å². The van der Waals surface area contributed by atoms with Gasteiger partial charge in [-0.1, -0.05) is 0 Å². The van der Waals surface area contributed by atoms with E-state index >= 15 is 0 Å². The van der Waals surface area contributed by atoms with Crippen LogP contribution in [0.2, 0.25) is 0 Å². The van der Waals surface area contributed by atoms with E-state index in [1.165, 1.54) is 0 Å². The van der Waals surface area contributed by atoms with Gasteiger partial charge in [0.05, 0.1) is 12.0 Å². The van der Waals surface area contributed by atoms with Gasteiger partial charge in [0, 0.05) is 32.1 Å². The predicted octanol–water partition coefficient (Wildman–Crippen LogP) is 0.144. The van der Waals surface area contributed by atoms with E-state index in [9.17, 15) is 9.59 Å². The minimum absolute atomic E-state index is 0.261. The van der Waals surface area contributed by atoms with Gasteiger partial charge < -0.3 is 9.88 Å². The topological polar surface area (TPSA) is 66.1 Å². The van der Waals surface area contributed by atoms with E-state index in [4.69, 9.17) is 0 Å². The molecular weight excluding hydrogens is 194 g/mol. The van der Waals surface area contributed by atoms with Gasteiger partial charge in [0.2, 0.25) is 5.78 Å². The second kappa shape index (κ2) is 4.25. The number of piperidine rings is 1. The molecule has 0 bridgehead atoms. The van der Waals surface area contributed by atoms with Gasteiger partial charge in [0.1, 0.15) is 0 Å². The Morgan fingerprint density at radius 3 is 3.07 bits per heavy atom. The first-order valence-electron chi connectivity index (χ1n) is 5.07. The van der Waals surface area contributed by atoms with E-state index in [1.807, 2.05) is 0 Å². The van der Waals surface area contributed by atoms with Gasteiger partial charge in [-0.3, -0.25) is 9.59 Å². The van der Waals surface area contributed by atoms with E-state index in [0.29, 0.717) is 25.9 Å². The lowest BCUT2D eigenvalue weighted by molar-refractivity contribution is -0.147. The molecule has 5 heteroatoms. The predicted molar refractivity (Wildman–Crippen MR) is 53.1 cm³/mol. The highest BCUT2D eigenvalue weighted by molar-refractivity contribution is 6.36. The molecule has 2 heterocycles. The van der Waals surface area contributed by atoms with Crippen LogP contribution >= 0.6 is 0 Å². The van der Waals surface area contributed by atoms with Crippen molar-refractivity contribution in [2.24, 2.45) is 0 Å². The molecule has 1 N–H and O–H groups in total. The number of amides is 1. The first-order valence-corrected chi connectivity index (χ1v) is 5.07. The average molecular weight is 207 g/mol. The molecule has 0 aromatic carbocycles. The molecule has 0 atom stereocenters. The van der Waals surface area contributed by atoms with E-state index in [0.717, 1.165) is 12.1 Å². The normalized spacial score (nSPS) is 17.2. The number of imidazole rings is 1. The molecule has 1 aromatic rings. The molecule has 15 heavy (non-hydrogen) atoms. The van der Waals surface area contributed by atoms with Crippen LogP contribution in [-0.4, -0.2) is 39.6 Å². The van der Waals surface area contributed by atoms with Crippen molar-refractivity contribution in [2.75, 3.05) is 13.1 Å². The second-order valence-electron chi connectivity index (χ2n) is 3.63. The number of Topliss-reactive ketones (excluding diaryl/α,β-unsaturated/α-hetero) is 1. The number of hydrogen-bond acceptors (Lipinski definition) is 3. The summed E-state index contributed by atoms with van der Waals surface area (Å²) in [5.41, 5.74) is 0.917. The molecule has 0 spiro atoms. The molecule has 80 valence electrons. The Morgan fingerprint density at radius 2 is 2.33 bits per heavy atom. The Hall–Kier alpha value is -1.65. The third-order valence-electron chi connectivity index (χ3n) is 2.55. The van der Waals surface area contributed by atoms with Crippen molar-refractivity contribution in [3.63, 3.8) is 0 Å². The fraction of sp³-hybridized carbons (Fsp3) is 0.500. The Morgan fingerprint density at radius 1 is 1.47 bits per heavy atom. The quantitative estimate of drug-likeness (QED) is 0.717. The standard InChI is InChI=1S/C10H13N3O2/c14-9-2-1-4-13(10(9)15)5-3-8-6-11-7-12-8/h6-7H,1-5H2,(H,11,12). The summed E-state index contributed by atoms with van der Waals surface area (Å²) in [5.74, 6) is -0.597. The smallest absolute Gasteiger partial charge is 0.289 e. The molecule has 5 nitrogen and oxygen atoms in total. The maximum atomic E-state index is 11.4. The van der Waals surface area contributed by atoms with Crippen molar-refractivity contribution >= 4 is 11.7 Å². The van der Waals surface area contributed by atoms with E-state index < -0.39 is 0 Å². The van der Waals surface area contributed by atoms with Crippen LogP contribution in [0, 0.1) is 0 Å². The molecule has 1 amide bonds. The summed E-state index contributed by atoms with van der Waals surface area (Å²) < 4.78 is 0. The number of hydrogen-bond donors (Lipinski definition) is 1. The van der Waals surface area contributed by atoms with Gasteiger partial charge in [-0.25, -0.2) is 4.98 Å². The zero-order chi connectivity index (χ0) is 10.7. The number of nitrogens with zero attached hydrogens (tertiary/aromatic N) is 2. The number of aromatic amines is 1. The van der Waals surface area contributed by atoms with Crippen LogP contribution in [0.3, 0.4) is 0 Å². The maximum absolute atomic E-state index is 11.4. The highest BCUT2D eigenvalue weighted by Gasteiger charge is 2.25. The number of likely N-dealkylation sites (tertiary alicyclic amines) is 1. The number of carbonyl (C=O) groups excluding carboxylic acids is 2. The molecular formula is C10H13N3O2. The zero-order valence-corrected chi connectivity index (χ0v) is 8.40. The summed E-state index contributed by atoms with van der Waals surface area (Å²) in [7, 11) is 0. The van der Waals surface area contributed by atoms with Gasteiger partial charge >= 0.3 is 0 Å². The molecule has 1 aliphatic heterocycles. The SMILES string of the molecule is O=C1CCCN(CCc2c[nH]cn2)C1=O. The van der Waals surface area contributed by atoms with Crippen molar-refractivity contribution < 1.29 is 9.59 Å². The van der Waals surface area contributed by atoms with Gasteiger partial charge in [-0.2, -0.15) is 0 Å². The molecule has 0 aliphatic carbocycles. The van der Waals surface area contributed by atoms with Crippen LogP contribution in [-0.2, 0) is 16.0 Å². The molecule has 0 saturated carbocycles. The number of H-pyrrole nitrogens is 1. The Balaban J connectivity index is 1.89. The largest absolute Gasteiger partial charge is 0.351 e. The number of aromatic nitrogens is 2. The molecule has 0 radical (unpaired) electrons. The average Bonchev–Trinajstić information content (AvgIpc) is 2.73. The monoisotopic (exact) mass is 207 g/mol. The van der Waals surface area contributed by atoms with Crippen LogP contribution in [0.1, 0.15) is 18.5 Å². The number of carbonyl (C=O) groups is 2. The number of ketones is 1. The zero-order valence-electron chi connectivity index (χ0n) is 8.40. The van der Waals surface area contributed by atoms with E-state index in [2.05, 4.69) is 9.97 Å². The van der Waals surface area contributed by atoms with Crippen LogP contribution in [0.25, 0.3) is 0 Å². The molecule has 1 saturated heterocycles. The summed E-state index contributed by atoms with van der Waals surface area (Å²) in [4.78, 5) is 31.1. The Labute approximate surface area is 87.5 Å². The summed E-state index contributed by atoms with van der Waals surface area (Å²) in [6, 6.07) is 0. The lowest BCUT2D eigenvalue weighted by Gasteiger charge is -2.25. The van der Waals surface area contributed by atoms with Gasteiger partial charge in [0.15, 0.2) is 0 Å². The van der Waals surface area contributed by atoms with Crippen molar-refractivity contribution in [3.8, 4) is 0 Å². The maximum Gasteiger partial charge on any atom is 0.289 e. The third-order valence-corrected chi connectivity index (χ3v) is 2.55. The van der Waals surface area contributed by atoms with Crippen LogP contribution < -0.4 is 0 Å². The molecule has 1 aliphatic rings. The Bertz CT molecular complexity index is 359. The van der Waals surface area contributed by atoms with Crippen molar-refractivity contribution in [1.29, 1.82) is 0 Å². The minimum Gasteiger partial charge on any atom is -0.351 e. The fourth-order valence-corrected chi connectivity index (χ4v) is 1.71. The number of nitrogens with one attached hydrogen (secondary N) is 1. The first-order chi connectivity index (χ1) is 7.27. The molecule has 0 unspecified atom stereocenters. The van der Waals surface area contributed by atoms with Gasteiger partial charge in [-0.05, 0) is 6.42 Å². The summed E-state index contributed by atoms with van der Waals surface area (Å²) >= 11 is 0.